The smallest absolute Gasteiger partial charge is 0.296 e. The Bertz CT molecular complexity index is 1360. The summed E-state index contributed by atoms with van der Waals surface area (Å²) in [6, 6.07) is 8.79. The number of benzene rings is 1. The number of nitrogens with zero attached hydrogens (tertiary/aromatic N) is 6. The van der Waals surface area contributed by atoms with Crippen molar-refractivity contribution in [2.75, 3.05) is 51.5 Å². The third-order valence-corrected chi connectivity index (χ3v) is 8.31. The standard InChI is InChI=1S/C29H36F2N6O4/c1-39-18-20-5-4-12-36(20)28(38)19-8-10-21(11-9-19)41-25-17-24(33-29(34-25)35-13-15-40-16-14-35)37-23-7-3-2-6-22(23)32-27(37)26(30)31/h2-3,6-7,17,19-21,26H,4-5,8-16,18H2,1H3/t19-,20-,21-/m1/s1. The minimum atomic E-state index is -2.79. The molecule has 0 bridgehead atoms. The van der Waals surface area contributed by atoms with Crippen molar-refractivity contribution in [1.29, 1.82) is 0 Å². The maximum atomic E-state index is 14.1. The third kappa shape index (κ3) is 5.85. The van der Waals surface area contributed by atoms with Crippen molar-refractivity contribution in [2.45, 2.75) is 57.1 Å². The quantitative estimate of drug-likeness (QED) is 0.399. The fourth-order valence-electron chi connectivity index (χ4n) is 6.24. The number of likely N-dealkylation sites (tertiary alicyclic amines) is 1. The number of methoxy groups -OCH3 is 1. The molecule has 220 valence electrons. The molecule has 12 heteroatoms. The lowest BCUT2D eigenvalue weighted by Gasteiger charge is -2.33. The molecule has 4 heterocycles. The highest BCUT2D eigenvalue weighted by molar-refractivity contribution is 5.79. The highest BCUT2D eigenvalue weighted by Crippen LogP contribution is 2.33. The maximum absolute atomic E-state index is 14.1. The van der Waals surface area contributed by atoms with E-state index in [-0.39, 0.29) is 35.6 Å². The van der Waals surface area contributed by atoms with Crippen molar-refractivity contribution in [3.63, 3.8) is 0 Å². The van der Waals surface area contributed by atoms with Crippen LogP contribution >= 0.6 is 0 Å². The van der Waals surface area contributed by atoms with Gasteiger partial charge in [0.25, 0.3) is 6.43 Å². The fraction of sp³-hybridized carbons (Fsp3) is 0.586. The molecule has 10 nitrogen and oxygen atoms in total. The second kappa shape index (κ2) is 12.2. The summed E-state index contributed by atoms with van der Waals surface area (Å²) in [4.78, 5) is 30.8. The Kier molecular flexibility index (Phi) is 8.29. The first-order valence-electron chi connectivity index (χ1n) is 14.5. The van der Waals surface area contributed by atoms with Gasteiger partial charge >= 0.3 is 0 Å². The largest absolute Gasteiger partial charge is 0.474 e. The normalized spacial score (nSPS) is 23.5. The molecule has 0 N–H and O–H groups in total. The summed E-state index contributed by atoms with van der Waals surface area (Å²) in [5.41, 5.74) is 0.999. The van der Waals surface area contributed by atoms with Crippen molar-refractivity contribution in [2.24, 2.45) is 5.92 Å². The number of morpholine rings is 1. The maximum Gasteiger partial charge on any atom is 0.296 e. The van der Waals surface area contributed by atoms with Crippen LogP contribution in [0.2, 0.25) is 0 Å². The monoisotopic (exact) mass is 570 g/mol. The fourth-order valence-corrected chi connectivity index (χ4v) is 6.24. The minimum Gasteiger partial charge on any atom is -0.474 e. The zero-order chi connectivity index (χ0) is 28.3. The average Bonchev–Trinajstić information content (AvgIpc) is 3.63. The molecule has 2 saturated heterocycles. The van der Waals surface area contributed by atoms with Crippen LogP contribution in [-0.2, 0) is 14.3 Å². The van der Waals surface area contributed by atoms with Crippen LogP contribution in [0.5, 0.6) is 5.88 Å². The van der Waals surface area contributed by atoms with Crippen LogP contribution in [0.3, 0.4) is 0 Å². The van der Waals surface area contributed by atoms with Crippen LogP contribution in [0.25, 0.3) is 16.9 Å². The number of aromatic nitrogens is 4. The number of rotatable bonds is 8. The Morgan fingerprint density at radius 3 is 2.59 bits per heavy atom. The van der Waals surface area contributed by atoms with Gasteiger partial charge in [-0.2, -0.15) is 9.97 Å². The van der Waals surface area contributed by atoms with Gasteiger partial charge in [-0.3, -0.25) is 9.36 Å². The van der Waals surface area contributed by atoms with Crippen LogP contribution in [0, 0.1) is 5.92 Å². The topological polar surface area (TPSA) is 94.8 Å². The summed E-state index contributed by atoms with van der Waals surface area (Å²) in [5, 5.41) is 0. The molecule has 41 heavy (non-hydrogen) atoms. The predicted molar refractivity (Wildman–Crippen MR) is 148 cm³/mol. The van der Waals surface area contributed by atoms with Gasteiger partial charge in [-0.1, -0.05) is 12.1 Å². The van der Waals surface area contributed by atoms with Crippen LogP contribution < -0.4 is 9.64 Å². The molecule has 0 spiro atoms. The molecule has 3 aliphatic rings. The van der Waals surface area contributed by atoms with Gasteiger partial charge < -0.3 is 24.0 Å². The van der Waals surface area contributed by atoms with Crippen molar-refractivity contribution in [3.8, 4) is 11.7 Å². The summed E-state index contributed by atoms with van der Waals surface area (Å²) < 4.78 is 46.9. The van der Waals surface area contributed by atoms with Crippen molar-refractivity contribution in [1.82, 2.24) is 24.4 Å². The molecular weight excluding hydrogens is 534 g/mol. The molecule has 0 unspecified atom stereocenters. The highest BCUT2D eigenvalue weighted by Gasteiger charge is 2.35. The number of ether oxygens (including phenoxy) is 3. The molecule has 1 aromatic carbocycles. The molecule has 2 aromatic heterocycles. The molecule has 3 aromatic rings. The van der Waals surface area contributed by atoms with E-state index in [0.29, 0.717) is 68.6 Å². The number of hydrogen-bond acceptors (Lipinski definition) is 8. The first-order valence-corrected chi connectivity index (χ1v) is 14.5. The number of anilines is 1. The van der Waals surface area contributed by atoms with Crippen molar-refractivity contribution in [3.05, 3.63) is 36.2 Å². The van der Waals surface area contributed by atoms with Gasteiger partial charge in [0.2, 0.25) is 17.7 Å². The van der Waals surface area contributed by atoms with Gasteiger partial charge in [-0.05, 0) is 50.7 Å². The van der Waals surface area contributed by atoms with E-state index in [1.807, 2.05) is 9.80 Å². The lowest BCUT2D eigenvalue weighted by molar-refractivity contribution is -0.138. The molecule has 6 rings (SSSR count). The summed E-state index contributed by atoms with van der Waals surface area (Å²) in [6.45, 7) is 3.60. The second-order valence-electron chi connectivity index (χ2n) is 10.9. The number of carbonyl (C=O) groups excluding carboxylic acids is 1. The first kappa shape index (κ1) is 27.8. The van der Waals surface area contributed by atoms with Crippen LogP contribution in [0.4, 0.5) is 14.7 Å². The van der Waals surface area contributed by atoms with Gasteiger partial charge in [-0.15, -0.1) is 0 Å². The lowest BCUT2D eigenvalue weighted by atomic mass is 9.86. The van der Waals surface area contributed by atoms with E-state index in [4.69, 9.17) is 19.2 Å². The number of imidazole rings is 1. The van der Waals surface area contributed by atoms with Gasteiger partial charge in [0, 0.05) is 38.7 Å². The van der Waals surface area contributed by atoms with E-state index in [0.717, 1.165) is 32.2 Å². The predicted octanol–water partition coefficient (Wildman–Crippen LogP) is 4.16. The number of halogens is 2. The Labute approximate surface area is 237 Å². The Balaban J connectivity index is 1.24. The van der Waals surface area contributed by atoms with Crippen molar-refractivity contribution >= 4 is 22.9 Å². The minimum absolute atomic E-state index is 0.0249. The second-order valence-corrected chi connectivity index (χ2v) is 10.9. The number of carbonyl (C=O) groups is 1. The highest BCUT2D eigenvalue weighted by atomic mass is 19.3. The third-order valence-electron chi connectivity index (χ3n) is 8.31. The summed E-state index contributed by atoms with van der Waals surface area (Å²) in [6.07, 6.45) is 1.95. The van der Waals surface area contributed by atoms with Crippen LogP contribution in [0.15, 0.2) is 30.3 Å². The van der Waals surface area contributed by atoms with Gasteiger partial charge in [0.05, 0.1) is 36.9 Å². The van der Waals surface area contributed by atoms with E-state index in [1.165, 1.54) is 4.57 Å². The number of amides is 1. The zero-order valence-corrected chi connectivity index (χ0v) is 23.3. The Morgan fingerprint density at radius 2 is 1.83 bits per heavy atom. The Hall–Kier alpha value is -3.38. The van der Waals surface area contributed by atoms with E-state index in [1.54, 1.807) is 37.4 Å². The first-order chi connectivity index (χ1) is 20.0. The van der Waals surface area contributed by atoms with E-state index in [2.05, 4.69) is 9.97 Å². The molecule has 1 amide bonds. The summed E-state index contributed by atoms with van der Waals surface area (Å²) in [7, 11) is 1.68. The van der Waals surface area contributed by atoms with Gasteiger partial charge in [0.1, 0.15) is 11.9 Å². The van der Waals surface area contributed by atoms with Gasteiger partial charge in [-0.25, -0.2) is 13.8 Å². The molecule has 2 aliphatic heterocycles. The molecule has 3 fully saturated rings. The molecule has 1 atom stereocenters. The molecular formula is C29H36F2N6O4. The van der Waals surface area contributed by atoms with E-state index >= 15 is 0 Å². The van der Waals surface area contributed by atoms with Gasteiger partial charge in [0.15, 0.2) is 5.82 Å². The number of alkyl halides is 2. The molecule has 1 aliphatic carbocycles. The van der Waals surface area contributed by atoms with E-state index < -0.39 is 6.43 Å². The number of hydrogen-bond donors (Lipinski definition) is 0. The number of para-hydroxylation sites is 2. The van der Waals surface area contributed by atoms with Crippen LogP contribution in [-0.4, -0.2) is 89.0 Å². The van der Waals surface area contributed by atoms with E-state index in [9.17, 15) is 13.6 Å². The molecule has 0 radical (unpaired) electrons. The lowest BCUT2D eigenvalue weighted by Crippen LogP contribution is -2.43. The van der Waals surface area contributed by atoms with Crippen molar-refractivity contribution < 1.29 is 27.8 Å². The average molecular weight is 571 g/mol. The Morgan fingerprint density at radius 1 is 1.05 bits per heavy atom. The molecule has 1 saturated carbocycles. The number of fused-ring (bicyclic) bond motifs is 1. The summed E-state index contributed by atoms with van der Waals surface area (Å²) >= 11 is 0. The zero-order valence-electron chi connectivity index (χ0n) is 23.3. The van der Waals surface area contributed by atoms with Crippen LogP contribution in [0.1, 0.15) is 50.8 Å². The SMILES string of the molecule is COC[C@H]1CCCN1C(=O)[C@H]1CC[C@H](Oc2cc(-n3c(C(F)F)nc4ccccc43)nc(N3CCOCC3)n2)CC1. The summed E-state index contributed by atoms with van der Waals surface area (Å²) in [5.74, 6) is 0.820.